The van der Waals surface area contributed by atoms with Crippen molar-refractivity contribution < 1.29 is 9.13 Å². The molecule has 2 aliphatic heterocycles. The Morgan fingerprint density at radius 2 is 2.08 bits per heavy atom. The summed E-state index contributed by atoms with van der Waals surface area (Å²) in [4.78, 5) is 9.14. The number of halogens is 1. The highest BCUT2D eigenvalue weighted by Gasteiger charge is 2.41. The quantitative estimate of drug-likeness (QED) is 0.827. The average Bonchev–Trinajstić information content (AvgIpc) is 2.55. The molecule has 1 spiro atoms. The summed E-state index contributed by atoms with van der Waals surface area (Å²) < 4.78 is 20.1. The lowest BCUT2D eigenvalue weighted by Gasteiger charge is -2.49. The van der Waals surface area contributed by atoms with Gasteiger partial charge < -0.3 is 9.64 Å². The molecule has 2 fully saturated rings. The molecular formula is C19H30FN3O. The molecule has 0 N–H and O–H groups in total. The van der Waals surface area contributed by atoms with Crippen molar-refractivity contribution in [3.05, 3.63) is 29.8 Å². The summed E-state index contributed by atoms with van der Waals surface area (Å²) in [5, 5.41) is 0. The first kappa shape index (κ1) is 17.8. The molecule has 1 aromatic heterocycles. The molecular weight excluding hydrogens is 305 g/mol. The Bertz CT molecular complexity index is 531. The van der Waals surface area contributed by atoms with Crippen molar-refractivity contribution in [3.63, 3.8) is 0 Å². The fourth-order valence-corrected chi connectivity index (χ4v) is 4.15. The van der Waals surface area contributed by atoms with Gasteiger partial charge >= 0.3 is 0 Å². The van der Waals surface area contributed by atoms with Gasteiger partial charge in [-0.1, -0.05) is 6.92 Å². The number of hydrogen-bond donors (Lipinski definition) is 0. The van der Waals surface area contributed by atoms with Crippen molar-refractivity contribution >= 4 is 0 Å². The van der Waals surface area contributed by atoms with Crippen LogP contribution in [0.2, 0.25) is 0 Å². The molecule has 1 aromatic rings. The Labute approximate surface area is 145 Å². The summed E-state index contributed by atoms with van der Waals surface area (Å²) in [5.41, 5.74) is 0.606. The van der Waals surface area contributed by atoms with Crippen LogP contribution in [0.5, 0.6) is 0 Å². The van der Waals surface area contributed by atoms with Gasteiger partial charge in [-0.2, -0.15) is 0 Å². The summed E-state index contributed by atoms with van der Waals surface area (Å²) in [6.45, 7) is 10.6. The van der Waals surface area contributed by atoms with Crippen molar-refractivity contribution in [2.24, 2.45) is 0 Å². The number of likely N-dealkylation sites (tertiary alicyclic amines) is 1. The van der Waals surface area contributed by atoms with Crippen LogP contribution in [0.3, 0.4) is 0 Å². The third-order valence-electron chi connectivity index (χ3n) is 5.28. The standard InChI is InChI=1S/C19H30FN3O/c1-3-10-23-14-16(2)24-19(15-23)7-12-22(13-8-19)11-6-18-17(20)5-4-9-21-18/h4-5,9,16H,3,6-8,10-15H2,1-2H3/t16-/m0/s1. The summed E-state index contributed by atoms with van der Waals surface area (Å²) >= 11 is 0. The number of pyridine rings is 1. The fourth-order valence-electron chi connectivity index (χ4n) is 4.15. The van der Waals surface area contributed by atoms with Crippen molar-refractivity contribution in [1.82, 2.24) is 14.8 Å². The van der Waals surface area contributed by atoms with E-state index in [4.69, 9.17) is 4.74 Å². The molecule has 0 aliphatic carbocycles. The number of ether oxygens (including phenoxy) is 1. The Hall–Kier alpha value is -1.04. The molecule has 3 heterocycles. The minimum absolute atomic E-state index is 0.0274. The molecule has 2 saturated heterocycles. The van der Waals surface area contributed by atoms with E-state index in [2.05, 4.69) is 28.6 Å². The molecule has 3 rings (SSSR count). The van der Waals surface area contributed by atoms with Gasteiger partial charge in [0.15, 0.2) is 0 Å². The highest BCUT2D eigenvalue weighted by Crippen LogP contribution is 2.32. The summed E-state index contributed by atoms with van der Waals surface area (Å²) in [5.74, 6) is -0.189. The smallest absolute Gasteiger partial charge is 0.144 e. The van der Waals surface area contributed by atoms with Gasteiger partial charge in [0.05, 0.1) is 17.4 Å². The van der Waals surface area contributed by atoms with E-state index in [0.717, 1.165) is 52.1 Å². The van der Waals surface area contributed by atoms with Gasteiger partial charge in [-0.25, -0.2) is 4.39 Å². The molecule has 0 radical (unpaired) electrons. The maximum atomic E-state index is 13.7. The van der Waals surface area contributed by atoms with Crippen molar-refractivity contribution in [2.75, 3.05) is 39.3 Å². The minimum atomic E-state index is -0.189. The van der Waals surface area contributed by atoms with Crippen molar-refractivity contribution in [2.45, 2.75) is 51.2 Å². The van der Waals surface area contributed by atoms with Gasteiger partial charge in [-0.15, -0.1) is 0 Å². The highest BCUT2D eigenvalue weighted by molar-refractivity contribution is 5.07. The second-order valence-corrected chi connectivity index (χ2v) is 7.37. The van der Waals surface area contributed by atoms with E-state index in [1.807, 2.05) is 0 Å². The van der Waals surface area contributed by atoms with E-state index in [1.165, 1.54) is 12.5 Å². The number of aromatic nitrogens is 1. The molecule has 5 heteroatoms. The SMILES string of the molecule is CCCN1C[C@H](C)OC2(CCN(CCc3ncccc3F)CC2)C1. The minimum Gasteiger partial charge on any atom is -0.369 e. The molecule has 0 unspecified atom stereocenters. The zero-order valence-electron chi connectivity index (χ0n) is 15.0. The maximum Gasteiger partial charge on any atom is 0.144 e. The Morgan fingerprint density at radius 3 is 2.79 bits per heavy atom. The van der Waals surface area contributed by atoms with Gasteiger partial charge in [0.2, 0.25) is 0 Å². The molecule has 0 amide bonds. The van der Waals surface area contributed by atoms with Gasteiger partial charge in [0.1, 0.15) is 5.82 Å². The maximum absolute atomic E-state index is 13.7. The third kappa shape index (κ3) is 4.32. The zero-order valence-corrected chi connectivity index (χ0v) is 15.0. The third-order valence-corrected chi connectivity index (χ3v) is 5.28. The predicted molar refractivity (Wildman–Crippen MR) is 93.6 cm³/mol. The summed E-state index contributed by atoms with van der Waals surface area (Å²) in [6, 6.07) is 3.14. The van der Waals surface area contributed by atoms with Crippen LogP contribution in [0.25, 0.3) is 0 Å². The van der Waals surface area contributed by atoms with Crippen LogP contribution in [-0.4, -0.2) is 65.8 Å². The molecule has 134 valence electrons. The van der Waals surface area contributed by atoms with E-state index in [9.17, 15) is 4.39 Å². The van der Waals surface area contributed by atoms with E-state index < -0.39 is 0 Å². The summed E-state index contributed by atoms with van der Waals surface area (Å²) in [6.07, 6.45) is 6.01. The Morgan fingerprint density at radius 1 is 1.29 bits per heavy atom. The second kappa shape index (κ2) is 7.89. The lowest BCUT2D eigenvalue weighted by Crippen LogP contribution is -2.59. The largest absolute Gasteiger partial charge is 0.369 e. The first-order valence-corrected chi connectivity index (χ1v) is 9.32. The zero-order chi connectivity index (χ0) is 17.0. The van der Waals surface area contributed by atoms with E-state index in [-0.39, 0.29) is 11.4 Å². The number of hydrogen-bond acceptors (Lipinski definition) is 4. The molecule has 4 nitrogen and oxygen atoms in total. The first-order valence-electron chi connectivity index (χ1n) is 9.32. The lowest BCUT2D eigenvalue weighted by molar-refractivity contribution is -0.169. The monoisotopic (exact) mass is 335 g/mol. The molecule has 2 aliphatic rings. The Kier molecular flexibility index (Phi) is 5.85. The fraction of sp³-hybridized carbons (Fsp3) is 0.737. The van der Waals surface area contributed by atoms with Crippen LogP contribution in [0.4, 0.5) is 4.39 Å². The van der Waals surface area contributed by atoms with Crippen LogP contribution in [0.15, 0.2) is 18.3 Å². The van der Waals surface area contributed by atoms with Gasteiger partial charge in [0.25, 0.3) is 0 Å². The van der Waals surface area contributed by atoms with Crippen LogP contribution in [-0.2, 0) is 11.2 Å². The average molecular weight is 335 g/mol. The molecule has 24 heavy (non-hydrogen) atoms. The highest BCUT2D eigenvalue weighted by atomic mass is 19.1. The topological polar surface area (TPSA) is 28.6 Å². The second-order valence-electron chi connectivity index (χ2n) is 7.37. The normalized spacial score (nSPS) is 25.2. The lowest BCUT2D eigenvalue weighted by atomic mass is 9.88. The van der Waals surface area contributed by atoms with Gasteiger partial charge in [-0.3, -0.25) is 9.88 Å². The van der Waals surface area contributed by atoms with Crippen LogP contribution >= 0.6 is 0 Å². The van der Waals surface area contributed by atoms with Crippen LogP contribution in [0, 0.1) is 5.82 Å². The number of morpholine rings is 1. The number of piperidine rings is 1. The molecule has 1 atom stereocenters. The number of nitrogens with zero attached hydrogens (tertiary/aromatic N) is 3. The molecule has 0 bridgehead atoms. The van der Waals surface area contributed by atoms with Gasteiger partial charge in [-0.05, 0) is 44.9 Å². The van der Waals surface area contributed by atoms with Crippen molar-refractivity contribution in [1.29, 1.82) is 0 Å². The first-order chi connectivity index (χ1) is 11.6. The van der Waals surface area contributed by atoms with E-state index in [1.54, 1.807) is 12.3 Å². The predicted octanol–water partition coefficient (Wildman–Crippen LogP) is 2.73. The molecule has 0 aromatic carbocycles. The van der Waals surface area contributed by atoms with E-state index in [0.29, 0.717) is 18.2 Å². The Balaban J connectivity index is 1.51. The molecule has 0 saturated carbocycles. The van der Waals surface area contributed by atoms with Crippen LogP contribution in [0.1, 0.15) is 38.8 Å². The van der Waals surface area contributed by atoms with E-state index >= 15 is 0 Å². The van der Waals surface area contributed by atoms with Gasteiger partial charge in [0, 0.05) is 45.3 Å². The summed E-state index contributed by atoms with van der Waals surface area (Å²) in [7, 11) is 0. The van der Waals surface area contributed by atoms with Crippen LogP contribution < -0.4 is 0 Å². The van der Waals surface area contributed by atoms with Crippen molar-refractivity contribution in [3.8, 4) is 0 Å². The number of rotatable bonds is 5.